The first-order valence-electron chi connectivity index (χ1n) is 10.4. The standard InChI is InChI=1S/C23H29F2NO5/c24-17-9-8-15(11-18(17)25)12-26-10-4-3-6-16-5-1-2-7-21(16)31-14-20(28)23(30)22(29)19(27)13-26/h1-2,5,7-9,11,19-20,22-23,27-30H,3-4,6,10,12-14H2/t19-,20+,22+,23+/m0/s1. The van der Waals surface area contributed by atoms with Gasteiger partial charge in [0, 0.05) is 13.1 Å². The van der Waals surface area contributed by atoms with Crippen LogP contribution < -0.4 is 4.74 Å². The van der Waals surface area contributed by atoms with E-state index in [-0.39, 0.29) is 19.7 Å². The summed E-state index contributed by atoms with van der Waals surface area (Å²) in [6.07, 6.45) is -3.67. The summed E-state index contributed by atoms with van der Waals surface area (Å²) in [5.41, 5.74) is 1.50. The second-order valence-corrected chi connectivity index (χ2v) is 7.98. The van der Waals surface area contributed by atoms with Gasteiger partial charge in [0.05, 0.1) is 6.10 Å². The normalized spacial score (nSPS) is 26.5. The van der Waals surface area contributed by atoms with Crippen LogP contribution >= 0.6 is 0 Å². The third-order valence-corrected chi connectivity index (χ3v) is 5.53. The summed E-state index contributed by atoms with van der Waals surface area (Å²) in [6.45, 7) is 0.520. The van der Waals surface area contributed by atoms with Crippen LogP contribution in [0, 0.1) is 11.6 Å². The molecule has 0 fully saturated rings. The monoisotopic (exact) mass is 437 g/mol. The van der Waals surface area contributed by atoms with Gasteiger partial charge in [-0.3, -0.25) is 4.90 Å². The molecule has 0 amide bonds. The maximum atomic E-state index is 13.6. The molecule has 6 nitrogen and oxygen atoms in total. The average molecular weight is 437 g/mol. The van der Waals surface area contributed by atoms with Gasteiger partial charge in [-0.1, -0.05) is 24.3 Å². The molecule has 8 heteroatoms. The number of aliphatic hydroxyl groups is 4. The SMILES string of the molecule is O[C@H]1[C@H](O)[C@@H](O)CN(Cc2ccc(F)c(F)c2)CCCCc2ccccc2OC[C@H]1O. The van der Waals surface area contributed by atoms with E-state index in [0.717, 1.165) is 37.0 Å². The minimum absolute atomic E-state index is 0.0125. The highest BCUT2D eigenvalue weighted by Crippen LogP contribution is 2.22. The number of ether oxygens (including phenoxy) is 1. The van der Waals surface area contributed by atoms with E-state index in [9.17, 15) is 29.2 Å². The van der Waals surface area contributed by atoms with Crippen molar-refractivity contribution < 1.29 is 33.9 Å². The summed E-state index contributed by atoms with van der Waals surface area (Å²) in [4.78, 5) is 1.81. The number of nitrogens with zero attached hydrogens (tertiary/aromatic N) is 1. The third kappa shape index (κ3) is 6.44. The van der Waals surface area contributed by atoms with Crippen molar-refractivity contribution in [1.29, 1.82) is 0 Å². The molecule has 0 aromatic heterocycles. The molecule has 3 rings (SSSR count). The topological polar surface area (TPSA) is 93.4 Å². The lowest BCUT2D eigenvalue weighted by molar-refractivity contribution is -0.118. The van der Waals surface area contributed by atoms with Crippen LogP contribution in [0.3, 0.4) is 0 Å². The number of halogens is 2. The van der Waals surface area contributed by atoms with E-state index < -0.39 is 36.1 Å². The van der Waals surface area contributed by atoms with Crippen molar-refractivity contribution in [1.82, 2.24) is 4.90 Å². The molecular weight excluding hydrogens is 408 g/mol. The highest BCUT2D eigenvalue weighted by atomic mass is 19.2. The molecule has 4 N–H and O–H groups in total. The molecule has 2 aromatic rings. The Morgan fingerprint density at radius 3 is 2.42 bits per heavy atom. The van der Waals surface area contributed by atoms with Gasteiger partial charge in [-0.15, -0.1) is 0 Å². The fourth-order valence-corrected chi connectivity index (χ4v) is 3.73. The van der Waals surface area contributed by atoms with E-state index in [2.05, 4.69) is 0 Å². The molecule has 170 valence electrons. The van der Waals surface area contributed by atoms with Crippen LogP contribution in [0.4, 0.5) is 8.78 Å². The van der Waals surface area contributed by atoms with Gasteiger partial charge in [0.15, 0.2) is 11.6 Å². The summed E-state index contributed by atoms with van der Waals surface area (Å²) in [5, 5.41) is 41.3. The number of hydrogen-bond donors (Lipinski definition) is 4. The third-order valence-electron chi connectivity index (χ3n) is 5.53. The Morgan fingerprint density at radius 1 is 0.903 bits per heavy atom. The number of aliphatic hydroxyl groups excluding tert-OH is 4. The van der Waals surface area contributed by atoms with E-state index in [1.165, 1.54) is 6.07 Å². The Bertz CT molecular complexity index is 852. The van der Waals surface area contributed by atoms with Gasteiger partial charge >= 0.3 is 0 Å². The molecule has 1 aliphatic rings. The van der Waals surface area contributed by atoms with E-state index in [4.69, 9.17) is 4.74 Å². The zero-order chi connectivity index (χ0) is 22.4. The molecule has 4 atom stereocenters. The lowest BCUT2D eigenvalue weighted by Gasteiger charge is -2.31. The van der Waals surface area contributed by atoms with Crippen LogP contribution in [0.15, 0.2) is 42.5 Å². The van der Waals surface area contributed by atoms with Gasteiger partial charge in [0.1, 0.15) is 30.7 Å². The highest BCUT2D eigenvalue weighted by Gasteiger charge is 2.32. The van der Waals surface area contributed by atoms with Crippen molar-refractivity contribution in [2.45, 2.75) is 50.2 Å². The zero-order valence-corrected chi connectivity index (χ0v) is 17.2. The fourth-order valence-electron chi connectivity index (χ4n) is 3.73. The number of aryl methyl sites for hydroxylation is 1. The highest BCUT2D eigenvalue weighted by molar-refractivity contribution is 5.33. The molecule has 0 radical (unpaired) electrons. The lowest BCUT2D eigenvalue weighted by atomic mass is 10.0. The van der Waals surface area contributed by atoms with Crippen molar-refractivity contribution >= 4 is 0 Å². The van der Waals surface area contributed by atoms with E-state index in [0.29, 0.717) is 17.9 Å². The van der Waals surface area contributed by atoms with Crippen molar-refractivity contribution in [2.24, 2.45) is 0 Å². The van der Waals surface area contributed by atoms with Crippen LogP contribution in [0.1, 0.15) is 24.0 Å². The van der Waals surface area contributed by atoms with Crippen LogP contribution in [0.25, 0.3) is 0 Å². The number of para-hydroxylation sites is 1. The van der Waals surface area contributed by atoms with Gasteiger partial charge < -0.3 is 25.2 Å². The number of benzene rings is 2. The molecule has 31 heavy (non-hydrogen) atoms. The molecule has 0 unspecified atom stereocenters. The molecule has 1 aliphatic heterocycles. The summed E-state index contributed by atoms with van der Waals surface area (Å²) < 4.78 is 32.5. The van der Waals surface area contributed by atoms with E-state index in [1.54, 1.807) is 6.07 Å². The average Bonchev–Trinajstić information content (AvgIpc) is 2.76. The molecule has 0 saturated heterocycles. The van der Waals surface area contributed by atoms with Crippen LogP contribution in [0.5, 0.6) is 5.75 Å². The van der Waals surface area contributed by atoms with Crippen LogP contribution in [-0.4, -0.2) is 69.4 Å². The number of hydrogen-bond acceptors (Lipinski definition) is 6. The summed E-state index contributed by atoms with van der Waals surface area (Å²) >= 11 is 0. The van der Waals surface area contributed by atoms with E-state index >= 15 is 0 Å². The molecule has 1 heterocycles. The van der Waals surface area contributed by atoms with Crippen molar-refractivity contribution in [3.8, 4) is 5.75 Å². The van der Waals surface area contributed by atoms with Crippen molar-refractivity contribution in [3.05, 3.63) is 65.2 Å². The van der Waals surface area contributed by atoms with Gasteiger partial charge in [0.25, 0.3) is 0 Å². The predicted octanol–water partition coefficient (Wildman–Crippen LogP) is 1.63. The smallest absolute Gasteiger partial charge is 0.159 e. The van der Waals surface area contributed by atoms with Crippen LogP contribution in [-0.2, 0) is 13.0 Å². The minimum Gasteiger partial charge on any atom is -0.491 e. The van der Waals surface area contributed by atoms with Crippen molar-refractivity contribution in [2.75, 3.05) is 19.7 Å². The summed E-state index contributed by atoms with van der Waals surface area (Å²) in [7, 11) is 0. The Balaban J connectivity index is 1.77. The zero-order valence-electron chi connectivity index (χ0n) is 17.2. The second-order valence-electron chi connectivity index (χ2n) is 7.98. The Morgan fingerprint density at radius 2 is 1.65 bits per heavy atom. The number of rotatable bonds is 2. The lowest BCUT2D eigenvalue weighted by Crippen LogP contribution is -2.50. The predicted molar refractivity (Wildman–Crippen MR) is 111 cm³/mol. The fraction of sp³-hybridized carbons (Fsp3) is 0.478. The summed E-state index contributed by atoms with van der Waals surface area (Å²) in [6, 6.07) is 11.0. The number of fused-ring (bicyclic) bond motifs is 1. The first-order valence-corrected chi connectivity index (χ1v) is 10.4. The van der Waals surface area contributed by atoms with Gasteiger partial charge in [-0.05, 0) is 55.1 Å². The minimum atomic E-state index is -1.62. The molecule has 0 saturated carbocycles. The van der Waals surface area contributed by atoms with Gasteiger partial charge in [-0.25, -0.2) is 8.78 Å². The Hall–Kier alpha value is -2.10. The molecule has 0 spiro atoms. The van der Waals surface area contributed by atoms with Gasteiger partial charge in [0.2, 0.25) is 0 Å². The molecule has 2 aromatic carbocycles. The Kier molecular flexibility index (Phi) is 8.34. The largest absolute Gasteiger partial charge is 0.491 e. The second kappa shape index (κ2) is 11.0. The first-order chi connectivity index (χ1) is 14.8. The summed E-state index contributed by atoms with van der Waals surface area (Å²) in [5.74, 6) is -1.28. The molecule has 0 aliphatic carbocycles. The maximum Gasteiger partial charge on any atom is 0.159 e. The van der Waals surface area contributed by atoms with Crippen molar-refractivity contribution in [3.63, 3.8) is 0 Å². The first kappa shape index (κ1) is 23.6. The Labute approximate surface area is 180 Å². The van der Waals surface area contributed by atoms with E-state index in [1.807, 2.05) is 23.1 Å². The molecular formula is C23H29F2NO5. The number of β-amino-alcohol motifs (C(OH)–C–C–N with tert-alkyl or cyclic N) is 1. The van der Waals surface area contributed by atoms with Gasteiger partial charge in [-0.2, -0.15) is 0 Å². The van der Waals surface area contributed by atoms with Crippen LogP contribution in [0.2, 0.25) is 0 Å². The quantitative estimate of drug-likeness (QED) is 0.571. The molecule has 0 bridgehead atoms. The maximum absolute atomic E-state index is 13.6.